The lowest BCUT2D eigenvalue weighted by molar-refractivity contribution is 0.533. The average Bonchev–Trinajstić information content (AvgIpc) is 2.77. The van der Waals surface area contributed by atoms with Crippen molar-refractivity contribution in [3.8, 4) is 0 Å². The van der Waals surface area contributed by atoms with E-state index in [-0.39, 0.29) is 0 Å². The molecule has 0 aromatic carbocycles. The van der Waals surface area contributed by atoms with Crippen molar-refractivity contribution in [2.75, 3.05) is 31.1 Å². The minimum atomic E-state index is 0.835. The Morgan fingerprint density at radius 1 is 1.33 bits per heavy atom. The molecular formula is C11H18N4. The van der Waals surface area contributed by atoms with Crippen molar-refractivity contribution in [2.24, 2.45) is 18.9 Å². The van der Waals surface area contributed by atoms with Crippen LogP contribution in [0.2, 0.25) is 0 Å². The van der Waals surface area contributed by atoms with Gasteiger partial charge in [-0.1, -0.05) is 0 Å². The molecule has 0 saturated carbocycles. The third-order valence-electron chi connectivity index (χ3n) is 3.64. The largest absolute Gasteiger partial charge is 0.342 e. The molecule has 0 aliphatic carbocycles. The van der Waals surface area contributed by atoms with Gasteiger partial charge in [0, 0.05) is 39.4 Å². The summed E-state index contributed by atoms with van der Waals surface area (Å²) >= 11 is 0. The van der Waals surface area contributed by atoms with Crippen LogP contribution in [-0.4, -0.2) is 35.7 Å². The average molecular weight is 206 g/mol. The van der Waals surface area contributed by atoms with E-state index in [1.807, 2.05) is 0 Å². The van der Waals surface area contributed by atoms with E-state index in [1.54, 1.807) is 0 Å². The molecule has 4 heteroatoms. The van der Waals surface area contributed by atoms with E-state index in [2.05, 4.69) is 39.9 Å². The first-order valence-electron chi connectivity index (χ1n) is 5.69. The molecule has 0 amide bonds. The molecule has 15 heavy (non-hydrogen) atoms. The summed E-state index contributed by atoms with van der Waals surface area (Å²) in [4.78, 5) is 7.02. The first-order chi connectivity index (χ1) is 7.24. The zero-order valence-corrected chi connectivity index (χ0v) is 9.40. The van der Waals surface area contributed by atoms with Crippen LogP contribution >= 0.6 is 0 Å². The maximum atomic E-state index is 4.59. The lowest BCUT2D eigenvalue weighted by Crippen LogP contribution is -2.27. The van der Waals surface area contributed by atoms with Crippen molar-refractivity contribution in [1.29, 1.82) is 0 Å². The van der Waals surface area contributed by atoms with E-state index >= 15 is 0 Å². The van der Waals surface area contributed by atoms with Crippen LogP contribution in [0.1, 0.15) is 5.69 Å². The molecule has 4 nitrogen and oxygen atoms in total. The van der Waals surface area contributed by atoms with Gasteiger partial charge in [-0.05, 0) is 18.8 Å². The number of anilines is 1. The maximum Gasteiger partial charge on any atom is 0.205 e. The fourth-order valence-electron chi connectivity index (χ4n) is 2.92. The summed E-state index contributed by atoms with van der Waals surface area (Å²) in [6, 6.07) is 0. The molecule has 1 N–H and O–H groups in total. The molecule has 1 aromatic rings. The fourth-order valence-corrected chi connectivity index (χ4v) is 2.92. The quantitative estimate of drug-likeness (QED) is 0.721. The second-order valence-corrected chi connectivity index (χ2v) is 4.88. The Morgan fingerprint density at radius 2 is 2.00 bits per heavy atom. The van der Waals surface area contributed by atoms with Crippen molar-refractivity contribution in [2.45, 2.75) is 6.92 Å². The van der Waals surface area contributed by atoms with Gasteiger partial charge in [-0.3, -0.25) is 0 Å². The molecule has 3 heterocycles. The van der Waals surface area contributed by atoms with E-state index < -0.39 is 0 Å². The highest BCUT2D eigenvalue weighted by molar-refractivity contribution is 5.35. The molecule has 2 atom stereocenters. The summed E-state index contributed by atoms with van der Waals surface area (Å²) in [7, 11) is 2.09. The van der Waals surface area contributed by atoms with Crippen molar-refractivity contribution < 1.29 is 0 Å². The zero-order chi connectivity index (χ0) is 10.4. The van der Waals surface area contributed by atoms with Gasteiger partial charge in [-0.25, -0.2) is 4.98 Å². The highest BCUT2D eigenvalue weighted by Gasteiger charge is 2.37. The first kappa shape index (κ1) is 9.21. The monoisotopic (exact) mass is 206 g/mol. The number of aromatic nitrogens is 2. The van der Waals surface area contributed by atoms with E-state index in [4.69, 9.17) is 0 Å². The third kappa shape index (κ3) is 1.44. The molecule has 0 unspecified atom stereocenters. The lowest BCUT2D eigenvalue weighted by atomic mass is 10.0. The smallest absolute Gasteiger partial charge is 0.205 e. The predicted octanol–water partition coefficient (Wildman–Crippen LogP) is 0.384. The minimum Gasteiger partial charge on any atom is -0.342 e. The van der Waals surface area contributed by atoms with Gasteiger partial charge in [0.25, 0.3) is 0 Å². The molecule has 0 spiro atoms. The number of aryl methyl sites for hydroxylation is 2. The Kier molecular flexibility index (Phi) is 1.99. The molecule has 82 valence electrons. The fraction of sp³-hybridized carbons (Fsp3) is 0.727. The predicted molar refractivity (Wildman–Crippen MR) is 60.0 cm³/mol. The summed E-state index contributed by atoms with van der Waals surface area (Å²) in [5.41, 5.74) is 1.11. The van der Waals surface area contributed by atoms with E-state index in [9.17, 15) is 0 Å². The second kappa shape index (κ2) is 3.23. The number of hydrogen-bond acceptors (Lipinski definition) is 3. The zero-order valence-electron chi connectivity index (χ0n) is 9.40. The normalized spacial score (nSPS) is 29.9. The number of nitrogens with zero attached hydrogens (tertiary/aromatic N) is 3. The van der Waals surface area contributed by atoms with Gasteiger partial charge >= 0.3 is 0 Å². The van der Waals surface area contributed by atoms with Crippen LogP contribution in [0, 0.1) is 18.8 Å². The first-order valence-corrected chi connectivity index (χ1v) is 5.69. The molecular weight excluding hydrogens is 188 g/mol. The van der Waals surface area contributed by atoms with Crippen LogP contribution in [0.15, 0.2) is 6.20 Å². The molecule has 2 aliphatic rings. The van der Waals surface area contributed by atoms with E-state index in [0.29, 0.717) is 0 Å². The Hall–Kier alpha value is -1.03. The molecule has 2 fully saturated rings. The SMILES string of the molecule is Cc1cn(C)c(N2C[C@H]3CNC[C@H]3C2)n1. The summed E-state index contributed by atoms with van der Waals surface area (Å²) in [6.07, 6.45) is 2.10. The molecule has 0 bridgehead atoms. The Bertz CT molecular complexity index is 359. The molecule has 2 saturated heterocycles. The van der Waals surface area contributed by atoms with Crippen molar-refractivity contribution in [1.82, 2.24) is 14.9 Å². The number of hydrogen-bond donors (Lipinski definition) is 1. The van der Waals surface area contributed by atoms with Crippen molar-refractivity contribution in [3.05, 3.63) is 11.9 Å². The summed E-state index contributed by atoms with van der Waals surface area (Å²) in [5, 5.41) is 3.46. The highest BCUT2D eigenvalue weighted by Crippen LogP contribution is 2.29. The van der Waals surface area contributed by atoms with Crippen molar-refractivity contribution >= 4 is 5.95 Å². The van der Waals surface area contributed by atoms with Gasteiger partial charge in [0.1, 0.15) is 0 Å². The van der Waals surface area contributed by atoms with Gasteiger partial charge in [0.15, 0.2) is 0 Å². The van der Waals surface area contributed by atoms with Gasteiger partial charge < -0.3 is 14.8 Å². The van der Waals surface area contributed by atoms with Crippen LogP contribution in [0.3, 0.4) is 0 Å². The van der Waals surface area contributed by atoms with Crippen LogP contribution < -0.4 is 10.2 Å². The van der Waals surface area contributed by atoms with Crippen LogP contribution in [-0.2, 0) is 7.05 Å². The summed E-state index contributed by atoms with van der Waals surface area (Å²) in [5.74, 6) is 2.81. The van der Waals surface area contributed by atoms with Crippen LogP contribution in [0.4, 0.5) is 5.95 Å². The Balaban J connectivity index is 1.82. The van der Waals surface area contributed by atoms with Crippen LogP contribution in [0.25, 0.3) is 0 Å². The van der Waals surface area contributed by atoms with E-state index in [0.717, 1.165) is 23.5 Å². The summed E-state index contributed by atoms with van der Waals surface area (Å²) < 4.78 is 2.14. The van der Waals surface area contributed by atoms with E-state index in [1.165, 1.54) is 26.2 Å². The standard InChI is InChI=1S/C11H18N4/c1-8-5-14(2)11(13-8)15-6-9-3-12-4-10(9)7-15/h5,9-10,12H,3-4,6-7H2,1-2H3/t9-,10+. The number of fused-ring (bicyclic) bond motifs is 1. The lowest BCUT2D eigenvalue weighted by Gasteiger charge is -2.18. The minimum absolute atomic E-state index is 0.835. The molecule has 2 aliphatic heterocycles. The maximum absolute atomic E-state index is 4.59. The number of nitrogens with one attached hydrogen (secondary N) is 1. The molecule has 1 aromatic heterocycles. The highest BCUT2D eigenvalue weighted by atomic mass is 15.3. The van der Waals surface area contributed by atoms with Gasteiger partial charge in [0.2, 0.25) is 5.95 Å². The third-order valence-corrected chi connectivity index (χ3v) is 3.64. The molecule has 3 rings (SSSR count). The topological polar surface area (TPSA) is 33.1 Å². The Morgan fingerprint density at radius 3 is 2.53 bits per heavy atom. The number of imidazole rings is 1. The van der Waals surface area contributed by atoms with Crippen molar-refractivity contribution in [3.63, 3.8) is 0 Å². The van der Waals surface area contributed by atoms with Crippen LogP contribution in [0.5, 0.6) is 0 Å². The van der Waals surface area contributed by atoms with Gasteiger partial charge in [-0.2, -0.15) is 0 Å². The number of rotatable bonds is 1. The molecule has 0 radical (unpaired) electrons. The second-order valence-electron chi connectivity index (χ2n) is 4.88. The summed E-state index contributed by atoms with van der Waals surface area (Å²) in [6.45, 7) is 6.76. The Labute approximate surface area is 90.3 Å². The van der Waals surface area contributed by atoms with Gasteiger partial charge in [0.05, 0.1) is 5.69 Å². The van der Waals surface area contributed by atoms with Gasteiger partial charge in [-0.15, -0.1) is 0 Å².